The largest absolute Gasteiger partial charge is 0.462 e. The number of carbonyl (C=O) groups is 3. The molecule has 0 fully saturated rings. The van der Waals surface area contributed by atoms with Gasteiger partial charge in [0.2, 0.25) is 0 Å². The summed E-state index contributed by atoms with van der Waals surface area (Å²) in [5.74, 6) is -0.925. The molecule has 0 aromatic carbocycles. The van der Waals surface area contributed by atoms with E-state index in [1.54, 1.807) is 0 Å². The van der Waals surface area contributed by atoms with Gasteiger partial charge in [-0.05, 0) is 77.0 Å². The highest BCUT2D eigenvalue weighted by molar-refractivity contribution is 5.71. The zero-order valence-corrected chi connectivity index (χ0v) is 43.6. The maximum absolute atomic E-state index is 12.8. The summed E-state index contributed by atoms with van der Waals surface area (Å²) in [5, 5.41) is 0. The van der Waals surface area contributed by atoms with Gasteiger partial charge < -0.3 is 14.2 Å². The van der Waals surface area contributed by atoms with Gasteiger partial charge >= 0.3 is 17.9 Å². The van der Waals surface area contributed by atoms with Crippen LogP contribution >= 0.6 is 0 Å². The van der Waals surface area contributed by atoms with Crippen molar-refractivity contribution < 1.29 is 28.6 Å². The minimum atomic E-state index is -0.796. The highest BCUT2D eigenvalue weighted by Crippen LogP contribution is 2.15. The average molecular weight is 931 g/mol. The topological polar surface area (TPSA) is 78.9 Å². The number of esters is 3. The molecule has 382 valence electrons. The van der Waals surface area contributed by atoms with Gasteiger partial charge in [-0.1, -0.05) is 253 Å². The fraction of sp³-hybridized carbons (Fsp3) is 0.689. The van der Waals surface area contributed by atoms with Crippen molar-refractivity contribution in [2.45, 2.75) is 258 Å². The summed E-state index contributed by atoms with van der Waals surface area (Å²) >= 11 is 0. The van der Waals surface area contributed by atoms with Gasteiger partial charge in [0.15, 0.2) is 6.10 Å². The Balaban J connectivity index is 4.44. The second-order valence-corrected chi connectivity index (χ2v) is 18.2. The van der Waals surface area contributed by atoms with Crippen molar-refractivity contribution >= 4 is 17.9 Å². The number of allylic oxidation sites excluding steroid dienone is 16. The van der Waals surface area contributed by atoms with Crippen LogP contribution in [0.15, 0.2) is 97.2 Å². The van der Waals surface area contributed by atoms with Crippen LogP contribution < -0.4 is 0 Å². The molecule has 0 aliphatic heterocycles. The molecule has 0 N–H and O–H groups in total. The number of hydrogen-bond donors (Lipinski definition) is 0. The van der Waals surface area contributed by atoms with E-state index >= 15 is 0 Å². The Labute approximate surface area is 413 Å². The van der Waals surface area contributed by atoms with E-state index < -0.39 is 6.10 Å². The summed E-state index contributed by atoms with van der Waals surface area (Å²) in [5.41, 5.74) is 0. The third-order valence-electron chi connectivity index (χ3n) is 11.7. The molecular formula is C61H102O6. The highest BCUT2D eigenvalue weighted by atomic mass is 16.6. The van der Waals surface area contributed by atoms with Gasteiger partial charge in [0, 0.05) is 19.3 Å². The molecule has 0 aromatic heterocycles. The first-order chi connectivity index (χ1) is 33.0. The Hall–Kier alpha value is -3.67. The number of carbonyl (C=O) groups excluding carboxylic acids is 3. The molecule has 0 aliphatic carbocycles. The first-order valence-corrected chi connectivity index (χ1v) is 27.8. The third kappa shape index (κ3) is 53.2. The number of ether oxygens (including phenoxy) is 3. The van der Waals surface area contributed by atoms with E-state index in [4.69, 9.17) is 14.2 Å². The number of hydrogen-bond acceptors (Lipinski definition) is 6. The Morgan fingerprint density at radius 3 is 1.09 bits per heavy atom. The maximum atomic E-state index is 12.8. The molecule has 1 atom stereocenters. The van der Waals surface area contributed by atoms with Crippen LogP contribution in [-0.4, -0.2) is 37.2 Å². The van der Waals surface area contributed by atoms with E-state index in [2.05, 4.69) is 99.8 Å². The van der Waals surface area contributed by atoms with Gasteiger partial charge in [-0.25, -0.2) is 0 Å². The first-order valence-electron chi connectivity index (χ1n) is 27.8. The molecule has 0 aromatic rings. The average Bonchev–Trinajstić information content (AvgIpc) is 3.33. The molecule has 6 heteroatoms. The summed E-state index contributed by atoms with van der Waals surface area (Å²) < 4.78 is 16.8. The SMILES string of the molecule is CC\C=C/C=C\C=C/C=C\CCCCCCCC(=O)OC(COC(=O)CCCCCCCC/C=C\C/C=C\C/C=C\C/C=C\CC)COC(=O)CCCCCCCCCCCCCCCCC. The van der Waals surface area contributed by atoms with Crippen molar-refractivity contribution in [3.8, 4) is 0 Å². The van der Waals surface area contributed by atoms with Gasteiger partial charge in [-0.2, -0.15) is 0 Å². The molecular weight excluding hydrogens is 829 g/mol. The second-order valence-electron chi connectivity index (χ2n) is 18.2. The van der Waals surface area contributed by atoms with Crippen molar-refractivity contribution in [2.24, 2.45) is 0 Å². The fourth-order valence-corrected chi connectivity index (χ4v) is 7.56. The van der Waals surface area contributed by atoms with E-state index in [1.165, 1.54) is 89.9 Å². The van der Waals surface area contributed by atoms with Crippen LogP contribution in [-0.2, 0) is 28.6 Å². The Morgan fingerprint density at radius 1 is 0.328 bits per heavy atom. The van der Waals surface area contributed by atoms with Crippen molar-refractivity contribution in [3.05, 3.63) is 97.2 Å². The van der Waals surface area contributed by atoms with Crippen molar-refractivity contribution in [1.82, 2.24) is 0 Å². The first kappa shape index (κ1) is 63.3. The van der Waals surface area contributed by atoms with Crippen molar-refractivity contribution in [2.75, 3.05) is 13.2 Å². The highest BCUT2D eigenvalue weighted by Gasteiger charge is 2.19. The Morgan fingerprint density at radius 2 is 0.657 bits per heavy atom. The molecule has 1 unspecified atom stereocenters. The minimum Gasteiger partial charge on any atom is -0.462 e. The zero-order valence-electron chi connectivity index (χ0n) is 43.6. The summed E-state index contributed by atoms with van der Waals surface area (Å²) in [7, 11) is 0. The molecule has 0 heterocycles. The van der Waals surface area contributed by atoms with Crippen LogP contribution in [0.5, 0.6) is 0 Å². The molecule has 67 heavy (non-hydrogen) atoms. The quantitative estimate of drug-likeness (QED) is 0.0199. The maximum Gasteiger partial charge on any atom is 0.306 e. The molecule has 0 rings (SSSR count). The summed E-state index contributed by atoms with van der Waals surface area (Å²) in [6, 6.07) is 0. The molecule has 0 amide bonds. The van der Waals surface area contributed by atoms with Gasteiger partial charge in [-0.15, -0.1) is 0 Å². The minimum absolute atomic E-state index is 0.0909. The lowest BCUT2D eigenvalue weighted by atomic mass is 10.0. The van der Waals surface area contributed by atoms with E-state index in [1.807, 2.05) is 18.2 Å². The van der Waals surface area contributed by atoms with Gasteiger partial charge in [0.05, 0.1) is 0 Å². The summed E-state index contributed by atoms with van der Waals surface area (Å²) in [6.45, 7) is 6.37. The monoisotopic (exact) mass is 931 g/mol. The molecule has 0 radical (unpaired) electrons. The second kappa shape index (κ2) is 54.9. The van der Waals surface area contributed by atoms with Crippen molar-refractivity contribution in [1.29, 1.82) is 0 Å². The van der Waals surface area contributed by atoms with E-state index in [0.717, 1.165) is 122 Å². The van der Waals surface area contributed by atoms with Crippen LogP contribution in [0.2, 0.25) is 0 Å². The Bertz CT molecular complexity index is 1350. The lowest BCUT2D eigenvalue weighted by Crippen LogP contribution is -2.30. The van der Waals surface area contributed by atoms with E-state index in [0.29, 0.717) is 19.3 Å². The molecule has 0 spiro atoms. The summed E-state index contributed by atoms with van der Waals surface area (Å²) in [6.07, 6.45) is 72.4. The molecule has 0 aliphatic rings. The molecule has 0 saturated heterocycles. The van der Waals surface area contributed by atoms with Crippen LogP contribution in [0.4, 0.5) is 0 Å². The van der Waals surface area contributed by atoms with Gasteiger partial charge in [0.1, 0.15) is 13.2 Å². The van der Waals surface area contributed by atoms with Gasteiger partial charge in [-0.3, -0.25) is 14.4 Å². The summed E-state index contributed by atoms with van der Waals surface area (Å²) in [4.78, 5) is 38.1. The Kier molecular flexibility index (Phi) is 51.9. The molecule has 6 nitrogen and oxygen atoms in total. The van der Waals surface area contributed by atoms with Crippen LogP contribution in [0.25, 0.3) is 0 Å². The molecule has 0 saturated carbocycles. The number of unbranched alkanes of at least 4 members (excludes halogenated alkanes) is 25. The van der Waals surface area contributed by atoms with Crippen molar-refractivity contribution in [3.63, 3.8) is 0 Å². The number of rotatable bonds is 49. The smallest absolute Gasteiger partial charge is 0.306 e. The van der Waals surface area contributed by atoms with Crippen LogP contribution in [0, 0.1) is 0 Å². The van der Waals surface area contributed by atoms with Crippen LogP contribution in [0.3, 0.4) is 0 Å². The molecule has 0 bridgehead atoms. The standard InChI is InChI=1S/C61H102O6/c1-4-7-10-13-16-19-22-25-28-29-30-31-34-36-39-42-45-48-51-54-60(63)66-57-58(67-61(64)55-52-49-46-43-40-37-33-27-24-21-18-15-12-9-6-3)56-65-59(62)53-50-47-44-41-38-35-32-26-23-20-17-14-11-8-5-2/h7,9-10,12,15-16,18-19,21,24-25,27-28,30-31,33,58H,4-6,8,11,13-14,17,20,22-23,26,29,32,34-57H2,1-3H3/b10-7-,12-9-,18-15-,19-16-,24-21-,28-25-,31-30-,33-27-. The van der Waals surface area contributed by atoms with E-state index in [9.17, 15) is 14.4 Å². The van der Waals surface area contributed by atoms with E-state index in [-0.39, 0.29) is 31.1 Å². The van der Waals surface area contributed by atoms with Gasteiger partial charge in [0.25, 0.3) is 0 Å². The third-order valence-corrected chi connectivity index (χ3v) is 11.7. The normalized spacial score (nSPS) is 12.8. The predicted molar refractivity (Wildman–Crippen MR) is 288 cm³/mol. The lowest BCUT2D eigenvalue weighted by Gasteiger charge is -2.18. The van der Waals surface area contributed by atoms with Crippen LogP contribution in [0.1, 0.15) is 252 Å². The fourth-order valence-electron chi connectivity index (χ4n) is 7.56. The lowest BCUT2D eigenvalue weighted by molar-refractivity contribution is -0.167. The zero-order chi connectivity index (χ0) is 48.6. The predicted octanol–water partition coefficient (Wildman–Crippen LogP) is 18.5.